The molecule has 5 nitrogen and oxygen atoms in total. The number of nitrogens with one attached hydrogen (secondary N) is 1. The molecular weight excluding hydrogens is 322 g/mol. The zero-order valence-electron chi connectivity index (χ0n) is 12.8. The predicted octanol–water partition coefficient (Wildman–Crippen LogP) is 3.39. The second-order valence-corrected chi connectivity index (χ2v) is 6.56. The summed E-state index contributed by atoms with van der Waals surface area (Å²) in [5, 5.41) is 12.4. The first-order chi connectivity index (χ1) is 11.8. The van der Waals surface area contributed by atoms with Crippen LogP contribution in [-0.2, 0) is 11.2 Å². The van der Waals surface area contributed by atoms with Gasteiger partial charge in [0.2, 0.25) is 11.0 Å². The van der Waals surface area contributed by atoms with Crippen LogP contribution in [0, 0.1) is 5.92 Å². The molecule has 2 heterocycles. The van der Waals surface area contributed by atoms with E-state index in [0.717, 1.165) is 21.9 Å². The van der Waals surface area contributed by atoms with Gasteiger partial charge in [0.15, 0.2) is 0 Å². The van der Waals surface area contributed by atoms with Crippen LogP contribution < -0.4 is 10.1 Å². The third kappa shape index (κ3) is 3.00. The molecule has 1 atom stereocenters. The van der Waals surface area contributed by atoms with Crippen molar-refractivity contribution < 1.29 is 9.53 Å². The van der Waals surface area contributed by atoms with E-state index in [1.165, 1.54) is 11.3 Å². The maximum atomic E-state index is 12.5. The van der Waals surface area contributed by atoms with E-state index in [1.807, 2.05) is 54.6 Å². The van der Waals surface area contributed by atoms with Gasteiger partial charge in [-0.25, -0.2) is 0 Å². The minimum Gasteiger partial charge on any atom is -0.492 e. The number of fused-ring (bicyclic) bond motifs is 1. The molecule has 0 spiro atoms. The van der Waals surface area contributed by atoms with Gasteiger partial charge in [0, 0.05) is 5.56 Å². The number of nitrogens with zero attached hydrogens (tertiary/aromatic N) is 2. The van der Waals surface area contributed by atoms with Crippen LogP contribution in [0.5, 0.6) is 5.75 Å². The molecule has 1 aromatic heterocycles. The number of benzene rings is 2. The summed E-state index contributed by atoms with van der Waals surface area (Å²) in [5.41, 5.74) is 2.05. The SMILES string of the molecule is O=C(Nc1nnc(-c2ccccc2)s1)C1COc2ccccc2C1. The van der Waals surface area contributed by atoms with Crippen LogP contribution in [0.2, 0.25) is 0 Å². The molecule has 4 rings (SSSR count). The number of amides is 1. The lowest BCUT2D eigenvalue weighted by atomic mass is 9.96. The van der Waals surface area contributed by atoms with E-state index >= 15 is 0 Å². The van der Waals surface area contributed by atoms with Crippen LogP contribution in [-0.4, -0.2) is 22.7 Å². The highest BCUT2D eigenvalue weighted by molar-refractivity contribution is 7.18. The minimum absolute atomic E-state index is 0.0831. The average Bonchev–Trinajstić information content (AvgIpc) is 3.10. The molecule has 1 N–H and O–H groups in total. The van der Waals surface area contributed by atoms with Crippen molar-refractivity contribution in [2.45, 2.75) is 6.42 Å². The molecule has 3 aromatic rings. The van der Waals surface area contributed by atoms with E-state index in [0.29, 0.717) is 18.2 Å². The molecule has 0 bridgehead atoms. The molecule has 1 aliphatic rings. The van der Waals surface area contributed by atoms with Gasteiger partial charge in [0.1, 0.15) is 17.4 Å². The Hall–Kier alpha value is -2.73. The second-order valence-electron chi connectivity index (χ2n) is 5.59. The number of hydrogen-bond donors (Lipinski definition) is 1. The first-order valence-corrected chi connectivity index (χ1v) is 8.52. The fourth-order valence-corrected chi connectivity index (χ4v) is 3.43. The van der Waals surface area contributed by atoms with Crippen LogP contribution in [0.3, 0.4) is 0 Å². The number of aromatic nitrogens is 2. The Morgan fingerprint density at radius 1 is 1.08 bits per heavy atom. The molecule has 120 valence electrons. The highest BCUT2D eigenvalue weighted by atomic mass is 32.1. The van der Waals surface area contributed by atoms with E-state index in [9.17, 15) is 4.79 Å². The van der Waals surface area contributed by atoms with Crippen molar-refractivity contribution in [1.82, 2.24) is 10.2 Å². The van der Waals surface area contributed by atoms with Crippen molar-refractivity contribution in [3.8, 4) is 16.3 Å². The fourth-order valence-electron chi connectivity index (χ4n) is 2.67. The summed E-state index contributed by atoms with van der Waals surface area (Å²) >= 11 is 1.37. The quantitative estimate of drug-likeness (QED) is 0.796. The van der Waals surface area contributed by atoms with Crippen molar-refractivity contribution in [3.05, 3.63) is 60.2 Å². The topological polar surface area (TPSA) is 64.1 Å². The van der Waals surface area contributed by atoms with Crippen molar-refractivity contribution in [2.75, 3.05) is 11.9 Å². The zero-order chi connectivity index (χ0) is 16.4. The number of para-hydroxylation sites is 1. The summed E-state index contributed by atoms with van der Waals surface area (Å²) < 4.78 is 5.68. The standard InChI is InChI=1S/C18H15N3O2S/c22-16(14-10-13-8-4-5-9-15(13)23-11-14)19-18-21-20-17(24-18)12-6-2-1-3-7-12/h1-9,14H,10-11H2,(H,19,21,22). The van der Waals surface area contributed by atoms with Gasteiger partial charge in [0.25, 0.3) is 0 Å². The van der Waals surface area contributed by atoms with Crippen LogP contribution in [0.1, 0.15) is 5.56 Å². The Balaban J connectivity index is 1.45. The number of carbonyl (C=O) groups is 1. The van der Waals surface area contributed by atoms with E-state index in [4.69, 9.17) is 4.74 Å². The maximum Gasteiger partial charge on any atom is 0.233 e. The number of ether oxygens (including phenoxy) is 1. The van der Waals surface area contributed by atoms with Gasteiger partial charge < -0.3 is 10.1 Å². The summed E-state index contributed by atoms with van der Waals surface area (Å²) in [6.45, 7) is 0.382. The normalized spacial score (nSPS) is 16.1. The second kappa shape index (κ2) is 6.41. The summed E-state index contributed by atoms with van der Waals surface area (Å²) in [5.74, 6) is 0.563. The lowest BCUT2D eigenvalue weighted by molar-refractivity contribution is -0.121. The molecule has 0 saturated heterocycles. The molecule has 1 unspecified atom stereocenters. The van der Waals surface area contributed by atoms with E-state index < -0.39 is 0 Å². The zero-order valence-corrected chi connectivity index (χ0v) is 13.6. The van der Waals surface area contributed by atoms with Crippen molar-refractivity contribution >= 4 is 22.4 Å². The third-order valence-corrected chi connectivity index (χ3v) is 4.81. The Kier molecular flexibility index (Phi) is 3.96. The number of rotatable bonds is 3. The Labute approximate surface area is 143 Å². The number of anilines is 1. The smallest absolute Gasteiger partial charge is 0.233 e. The van der Waals surface area contributed by atoms with E-state index in [1.54, 1.807) is 0 Å². The monoisotopic (exact) mass is 337 g/mol. The molecule has 24 heavy (non-hydrogen) atoms. The lowest BCUT2D eigenvalue weighted by Crippen LogP contribution is -2.32. The number of hydrogen-bond acceptors (Lipinski definition) is 5. The van der Waals surface area contributed by atoms with Gasteiger partial charge in [-0.3, -0.25) is 4.79 Å². The van der Waals surface area contributed by atoms with Crippen LogP contribution >= 0.6 is 11.3 Å². The molecule has 1 amide bonds. The van der Waals surface area contributed by atoms with Gasteiger partial charge in [-0.15, -0.1) is 10.2 Å². The van der Waals surface area contributed by atoms with Gasteiger partial charge in [-0.1, -0.05) is 59.9 Å². The van der Waals surface area contributed by atoms with Crippen molar-refractivity contribution in [2.24, 2.45) is 5.92 Å². The Bertz CT molecular complexity index is 863. The van der Waals surface area contributed by atoms with Crippen LogP contribution in [0.4, 0.5) is 5.13 Å². The van der Waals surface area contributed by atoms with Gasteiger partial charge in [-0.2, -0.15) is 0 Å². The molecule has 2 aromatic carbocycles. The molecule has 0 fully saturated rings. The molecule has 6 heteroatoms. The van der Waals surface area contributed by atoms with Crippen molar-refractivity contribution in [1.29, 1.82) is 0 Å². The van der Waals surface area contributed by atoms with Gasteiger partial charge >= 0.3 is 0 Å². The van der Waals surface area contributed by atoms with Crippen LogP contribution in [0.25, 0.3) is 10.6 Å². The molecular formula is C18H15N3O2S. The Morgan fingerprint density at radius 2 is 1.88 bits per heavy atom. The average molecular weight is 337 g/mol. The third-order valence-electron chi connectivity index (χ3n) is 3.93. The van der Waals surface area contributed by atoms with Gasteiger partial charge in [0.05, 0.1) is 5.92 Å². The summed E-state index contributed by atoms with van der Waals surface area (Å²) in [4.78, 5) is 12.5. The summed E-state index contributed by atoms with van der Waals surface area (Å²) in [6, 6.07) is 17.6. The summed E-state index contributed by atoms with van der Waals surface area (Å²) in [6.07, 6.45) is 0.673. The first kappa shape index (κ1) is 14.8. The van der Waals surface area contributed by atoms with Gasteiger partial charge in [-0.05, 0) is 18.1 Å². The Morgan fingerprint density at radius 3 is 2.75 bits per heavy atom. The first-order valence-electron chi connectivity index (χ1n) is 7.70. The molecule has 0 saturated carbocycles. The van der Waals surface area contributed by atoms with Crippen molar-refractivity contribution in [3.63, 3.8) is 0 Å². The summed E-state index contributed by atoms with van der Waals surface area (Å²) in [7, 11) is 0. The molecule has 0 radical (unpaired) electrons. The maximum absolute atomic E-state index is 12.5. The highest BCUT2D eigenvalue weighted by Crippen LogP contribution is 2.29. The van der Waals surface area contributed by atoms with Crippen LogP contribution in [0.15, 0.2) is 54.6 Å². The highest BCUT2D eigenvalue weighted by Gasteiger charge is 2.26. The largest absolute Gasteiger partial charge is 0.492 e. The number of carbonyl (C=O) groups excluding carboxylic acids is 1. The minimum atomic E-state index is -0.219. The lowest BCUT2D eigenvalue weighted by Gasteiger charge is -2.23. The predicted molar refractivity (Wildman–Crippen MR) is 93.1 cm³/mol. The molecule has 0 aliphatic carbocycles. The van der Waals surface area contributed by atoms with E-state index in [2.05, 4.69) is 15.5 Å². The molecule has 1 aliphatic heterocycles. The van der Waals surface area contributed by atoms with E-state index in [-0.39, 0.29) is 11.8 Å². The fraction of sp³-hybridized carbons (Fsp3) is 0.167.